The molecule has 0 saturated heterocycles. The number of imidazole rings is 1. The fourth-order valence-corrected chi connectivity index (χ4v) is 2.14. The van der Waals surface area contributed by atoms with Crippen molar-refractivity contribution in [1.29, 1.82) is 0 Å². The highest BCUT2D eigenvalue weighted by Gasteiger charge is 2.15. The minimum Gasteiger partial charge on any atom is -0.504 e. The zero-order chi connectivity index (χ0) is 13.4. The molecule has 5 nitrogen and oxygen atoms in total. The van der Waals surface area contributed by atoms with Crippen LogP contribution < -0.4 is 4.74 Å². The van der Waals surface area contributed by atoms with Crippen molar-refractivity contribution >= 4 is 11.0 Å². The van der Waals surface area contributed by atoms with E-state index in [-0.39, 0.29) is 5.75 Å². The first-order valence-corrected chi connectivity index (χ1v) is 5.85. The maximum Gasteiger partial charge on any atom is 0.168 e. The van der Waals surface area contributed by atoms with E-state index in [2.05, 4.69) is 9.97 Å². The van der Waals surface area contributed by atoms with Gasteiger partial charge in [0.1, 0.15) is 5.82 Å². The van der Waals surface area contributed by atoms with Gasteiger partial charge in [-0.1, -0.05) is 6.07 Å². The molecule has 3 rings (SSSR count). The van der Waals surface area contributed by atoms with Crippen molar-refractivity contribution in [2.45, 2.75) is 0 Å². The number of rotatable bonds is 2. The third-order valence-electron chi connectivity index (χ3n) is 3.14. The molecule has 0 saturated carbocycles. The fraction of sp³-hybridized carbons (Fsp3) is 0.143. The monoisotopic (exact) mass is 255 g/mol. The summed E-state index contributed by atoms with van der Waals surface area (Å²) in [6, 6.07) is 7.19. The summed E-state index contributed by atoms with van der Waals surface area (Å²) in [6.07, 6.45) is 3.45. The van der Waals surface area contributed by atoms with Crippen LogP contribution in [0.3, 0.4) is 0 Å². The highest BCUT2D eigenvalue weighted by molar-refractivity contribution is 5.81. The molecule has 1 N–H and O–H groups in total. The molecule has 0 aliphatic rings. The molecule has 0 bridgehead atoms. The lowest BCUT2D eigenvalue weighted by Crippen LogP contribution is -1.94. The highest BCUT2D eigenvalue weighted by Crippen LogP contribution is 2.36. The number of aryl methyl sites for hydroxylation is 1. The molecule has 0 radical (unpaired) electrons. The zero-order valence-corrected chi connectivity index (χ0v) is 10.7. The molecule has 5 heteroatoms. The molecule has 1 aromatic carbocycles. The third-order valence-corrected chi connectivity index (χ3v) is 3.14. The van der Waals surface area contributed by atoms with E-state index in [1.165, 1.54) is 7.11 Å². The molecule has 0 spiro atoms. The summed E-state index contributed by atoms with van der Waals surface area (Å²) in [7, 11) is 3.42. The molecular formula is C14H13N3O2. The van der Waals surface area contributed by atoms with Gasteiger partial charge in [0.05, 0.1) is 29.9 Å². The second kappa shape index (κ2) is 4.28. The Balaban J connectivity index is 2.28. The predicted molar refractivity (Wildman–Crippen MR) is 72.2 cm³/mol. The van der Waals surface area contributed by atoms with Gasteiger partial charge in [0.2, 0.25) is 0 Å². The smallest absolute Gasteiger partial charge is 0.168 e. The van der Waals surface area contributed by atoms with Crippen LogP contribution in [0.1, 0.15) is 0 Å². The Morgan fingerprint density at radius 2 is 2.11 bits per heavy atom. The van der Waals surface area contributed by atoms with Gasteiger partial charge in [-0.25, -0.2) is 4.98 Å². The van der Waals surface area contributed by atoms with Gasteiger partial charge in [0, 0.05) is 13.2 Å². The molecule has 0 amide bonds. The van der Waals surface area contributed by atoms with Crippen LogP contribution in [0.15, 0.2) is 36.7 Å². The SMILES string of the molecule is COc1cccc(-c2nc3ccncc3n2C)c1O. The molecule has 0 atom stereocenters. The van der Waals surface area contributed by atoms with Crippen molar-refractivity contribution in [1.82, 2.24) is 14.5 Å². The minimum absolute atomic E-state index is 0.0939. The van der Waals surface area contributed by atoms with Gasteiger partial charge in [-0.05, 0) is 18.2 Å². The fourth-order valence-electron chi connectivity index (χ4n) is 2.14. The molecule has 0 aliphatic heterocycles. The number of para-hydroxylation sites is 1. The summed E-state index contributed by atoms with van der Waals surface area (Å²) in [5.41, 5.74) is 2.40. The Bertz CT molecular complexity index is 750. The summed E-state index contributed by atoms with van der Waals surface area (Å²) < 4.78 is 7.02. The average Bonchev–Trinajstić information content (AvgIpc) is 2.77. The first-order chi connectivity index (χ1) is 9.22. The van der Waals surface area contributed by atoms with Crippen molar-refractivity contribution < 1.29 is 9.84 Å². The Kier molecular flexibility index (Phi) is 2.59. The van der Waals surface area contributed by atoms with Gasteiger partial charge in [0.25, 0.3) is 0 Å². The number of hydrogen-bond acceptors (Lipinski definition) is 4. The van der Waals surface area contributed by atoms with Crippen LogP contribution in [0.2, 0.25) is 0 Å². The number of ether oxygens (including phenoxy) is 1. The van der Waals surface area contributed by atoms with Gasteiger partial charge in [0.15, 0.2) is 11.5 Å². The van der Waals surface area contributed by atoms with Crippen molar-refractivity contribution in [2.24, 2.45) is 7.05 Å². The average molecular weight is 255 g/mol. The summed E-state index contributed by atoms with van der Waals surface area (Å²) in [4.78, 5) is 8.61. The molecule has 0 fully saturated rings. The number of benzene rings is 1. The van der Waals surface area contributed by atoms with Crippen LogP contribution in [-0.4, -0.2) is 26.8 Å². The largest absolute Gasteiger partial charge is 0.504 e. The quantitative estimate of drug-likeness (QED) is 0.763. The van der Waals surface area contributed by atoms with Crippen LogP contribution in [0.25, 0.3) is 22.4 Å². The molecule has 3 aromatic rings. The predicted octanol–water partition coefficient (Wildman–Crippen LogP) is 2.35. The summed E-state index contributed by atoms with van der Waals surface area (Å²) in [5.74, 6) is 1.21. The first kappa shape index (κ1) is 11.5. The maximum absolute atomic E-state index is 10.2. The van der Waals surface area contributed by atoms with Gasteiger partial charge in [-0.15, -0.1) is 0 Å². The van der Waals surface area contributed by atoms with E-state index in [9.17, 15) is 5.11 Å². The van der Waals surface area contributed by atoms with Crippen LogP contribution in [0.4, 0.5) is 0 Å². The van der Waals surface area contributed by atoms with Crippen molar-refractivity contribution in [3.63, 3.8) is 0 Å². The van der Waals surface area contributed by atoms with Crippen molar-refractivity contribution in [3.8, 4) is 22.9 Å². The van der Waals surface area contributed by atoms with E-state index in [1.807, 2.05) is 29.8 Å². The molecule has 0 unspecified atom stereocenters. The topological polar surface area (TPSA) is 60.2 Å². The Morgan fingerprint density at radius 3 is 2.84 bits per heavy atom. The molecule has 96 valence electrons. The van der Waals surface area contributed by atoms with E-state index >= 15 is 0 Å². The third kappa shape index (κ3) is 1.71. The second-order valence-corrected chi connectivity index (χ2v) is 4.22. The van der Waals surface area contributed by atoms with E-state index in [1.54, 1.807) is 18.5 Å². The minimum atomic E-state index is 0.0939. The highest BCUT2D eigenvalue weighted by atomic mass is 16.5. The Labute approximate surface area is 110 Å². The number of methoxy groups -OCH3 is 1. The normalized spacial score (nSPS) is 10.8. The van der Waals surface area contributed by atoms with Crippen LogP contribution in [0.5, 0.6) is 11.5 Å². The number of fused-ring (bicyclic) bond motifs is 1. The number of hydrogen-bond donors (Lipinski definition) is 1. The second-order valence-electron chi connectivity index (χ2n) is 4.22. The maximum atomic E-state index is 10.2. The van der Waals surface area contributed by atoms with Crippen LogP contribution in [-0.2, 0) is 7.05 Å². The standard InChI is InChI=1S/C14H13N3O2/c1-17-11-8-15-7-6-10(11)16-14(17)9-4-3-5-12(19-2)13(9)18/h3-8,18H,1-2H3. The molecule has 19 heavy (non-hydrogen) atoms. The van der Waals surface area contributed by atoms with E-state index in [0.29, 0.717) is 17.1 Å². The number of nitrogens with zero attached hydrogens (tertiary/aromatic N) is 3. The van der Waals surface area contributed by atoms with Crippen molar-refractivity contribution in [2.75, 3.05) is 7.11 Å². The van der Waals surface area contributed by atoms with Gasteiger partial charge >= 0.3 is 0 Å². The molecule has 2 aromatic heterocycles. The summed E-state index contributed by atoms with van der Waals surface area (Å²) >= 11 is 0. The lowest BCUT2D eigenvalue weighted by atomic mass is 10.1. The summed E-state index contributed by atoms with van der Waals surface area (Å²) in [5, 5.41) is 10.2. The molecular weight excluding hydrogens is 242 g/mol. The van der Waals surface area contributed by atoms with E-state index in [4.69, 9.17) is 4.74 Å². The Hall–Kier alpha value is -2.56. The Morgan fingerprint density at radius 1 is 1.26 bits per heavy atom. The number of phenolic OH excluding ortho intramolecular Hbond substituents is 1. The summed E-state index contributed by atoms with van der Waals surface area (Å²) in [6.45, 7) is 0. The van der Waals surface area contributed by atoms with Gasteiger partial charge in [-0.2, -0.15) is 0 Å². The van der Waals surface area contributed by atoms with Gasteiger partial charge < -0.3 is 14.4 Å². The number of pyridine rings is 1. The van der Waals surface area contributed by atoms with Crippen LogP contribution in [0, 0.1) is 0 Å². The van der Waals surface area contributed by atoms with Crippen LogP contribution >= 0.6 is 0 Å². The lowest BCUT2D eigenvalue weighted by Gasteiger charge is -2.08. The zero-order valence-electron chi connectivity index (χ0n) is 10.7. The first-order valence-electron chi connectivity index (χ1n) is 5.85. The van der Waals surface area contributed by atoms with Crippen molar-refractivity contribution in [3.05, 3.63) is 36.7 Å². The molecule has 2 heterocycles. The van der Waals surface area contributed by atoms with E-state index in [0.717, 1.165) is 11.0 Å². The number of aromatic hydroxyl groups is 1. The number of aromatic nitrogens is 3. The molecule has 0 aliphatic carbocycles. The van der Waals surface area contributed by atoms with Gasteiger partial charge in [-0.3, -0.25) is 4.98 Å². The van der Waals surface area contributed by atoms with E-state index < -0.39 is 0 Å². The lowest BCUT2D eigenvalue weighted by molar-refractivity contribution is 0.374. The number of phenols is 1.